The Hall–Kier alpha value is -1.24. The molecule has 0 saturated heterocycles. The van der Waals surface area contributed by atoms with Crippen LogP contribution in [0.3, 0.4) is 0 Å². The van der Waals surface area contributed by atoms with E-state index in [1.165, 1.54) is 11.1 Å². The van der Waals surface area contributed by atoms with Gasteiger partial charge in [0.05, 0.1) is 0 Å². The van der Waals surface area contributed by atoms with Crippen LogP contribution in [0.1, 0.15) is 30.4 Å². The fourth-order valence-corrected chi connectivity index (χ4v) is 1.81. The molecule has 12 heavy (non-hydrogen) atoms. The zero-order chi connectivity index (χ0) is 8.55. The first-order chi connectivity index (χ1) is 5.77. The first-order valence-electron chi connectivity index (χ1n) is 4.32. The summed E-state index contributed by atoms with van der Waals surface area (Å²) in [5, 5.41) is 0. The Morgan fingerprint density at radius 3 is 2.92 bits per heavy atom. The van der Waals surface area contributed by atoms with E-state index in [0.717, 1.165) is 12.1 Å². The highest BCUT2D eigenvalue weighted by molar-refractivity contribution is 5.59. The summed E-state index contributed by atoms with van der Waals surface area (Å²) in [7, 11) is 0. The van der Waals surface area contributed by atoms with Crippen LogP contribution in [0, 0.1) is 0 Å². The minimum absolute atomic E-state index is 0.575. The van der Waals surface area contributed by atoms with Gasteiger partial charge in [0, 0.05) is 5.70 Å². The molecule has 0 heterocycles. The van der Waals surface area contributed by atoms with Crippen molar-refractivity contribution in [3.05, 3.63) is 41.1 Å². The predicted molar refractivity (Wildman–Crippen MR) is 51.6 cm³/mol. The molecule has 1 unspecified atom stereocenters. The van der Waals surface area contributed by atoms with Gasteiger partial charge in [-0.15, -0.1) is 0 Å². The van der Waals surface area contributed by atoms with Crippen molar-refractivity contribution in [3.63, 3.8) is 0 Å². The van der Waals surface area contributed by atoms with E-state index in [4.69, 9.17) is 5.73 Å². The van der Waals surface area contributed by atoms with Gasteiger partial charge in [0.15, 0.2) is 0 Å². The summed E-state index contributed by atoms with van der Waals surface area (Å²) < 4.78 is 0. The molecule has 1 aliphatic rings. The highest BCUT2D eigenvalue weighted by atomic mass is 14.6. The maximum absolute atomic E-state index is 5.80. The fourth-order valence-electron chi connectivity index (χ4n) is 1.81. The van der Waals surface area contributed by atoms with Crippen LogP contribution in [0.4, 0.5) is 0 Å². The SMILES string of the molecule is CC1CC(N)=Cc2ccccc21. The van der Waals surface area contributed by atoms with Gasteiger partial charge in [0.25, 0.3) is 0 Å². The highest BCUT2D eigenvalue weighted by Crippen LogP contribution is 2.30. The van der Waals surface area contributed by atoms with Gasteiger partial charge in [-0.25, -0.2) is 0 Å². The summed E-state index contributed by atoms with van der Waals surface area (Å²) in [5.41, 5.74) is 9.51. The van der Waals surface area contributed by atoms with Crippen LogP contribution in [0.2, 0.25) is 0 Å². The number of allylic oxidation sites excluding steroid dienone is 1. The van der Waals surface area contributed by atoms with Gasteiger partial charge in [-0.2, -0.15) is 0 Å². The van der Waals surface area contributed by atoms with E-state index in [1.54, 1.807) is 0 Å². The molecule has 0 bridgehead atoms. The summed E-state index contributed by atoms with van der Waals surface area (Å²) in [6.45, 7) is 2.22. The number of rotatable bonds is 0. The monoisotopic (exact) mass is 159 g/mol. The first-order valence-corrected chi connectivity index (χ1v) is 4.32. The van der Waals surface area contributed by atoms with Gasteiger partial charge in [0.2, 0.25) is 0 Å². The topological polar surface area (TPSA) is 26.0 Å². The molecule has 1 aromatic carbocycles. The summed E-state index contributed by atoms with van der Waals surface area (Å²) >= 11 is 0. The minimum atomic E-state index is 0.575. The summed E-state index contributed by atoms with van der Waals surface area (Å²) in [6.07, 6.45) is 3.08. The standard InChI is InChI=1S/C11H13N/c1-8-6-10(12)7-9-4-2-3-5-11(8)9/h2-5,7-8H,6,12H2,1H3. The summed E-state index contributed by atoms with van der Waals surface area (Å²) in [5.74, 6) is 0.575. The average molecular weight is 159 g/mol. The lowest BCUT2D eigenvalue weighted by Crippen LogP contribution is -2.09. The molecular weight excluding hydrogens is 146 g/mol. The van der Waals surface area contributed by atoms with Gasteiger partial charge in [-0.3, -0.25) is 0 Å². The van der Waals surface area contributed by atoms with Crippen molar-refractivity contribution in [1.82, 2.24) is 0 Å². The fraction of sp³-hybridized carbons (Fsp3) is 0.273. The quantitative estimate of drug-likeness (QED) is 0.618. The normalized spacial score (nSPS) is 21.4. The van der Waals surface area contributed by atoms with E-state index < -0.39 is 0 Å². The molecule has 1 nitrogen and oxygen atoms in total. The Bertz CT molecular complexity index is 326. The molecule has 0 radical (unpaired) electrons. The third-order valence-electron chi connectivity index (χ3n) is 2.41. The molecule has 2 N–H and O–H groups in total. The molecule has 1 heteroatoms. The van der Waals surface area contributed by atoms with Crippen molar-refractivity contribution in [3.8, 4) is 0 Å². The second-order valence-corrected chi connectivity index (χ2v) is 3.45. The third-order valence-corrected chi connectivity index (χ3v) is 2.41. The van der Waals surface area contributed by atoms with Gasteiger partial charge < -0.3 is 5.73 Å². The van der Waals surface area contributed by atoms with Crippen LogP contribution in [-0.4, -0.2) is 0 Å². The number of nitrogens with two attached hydrogens (primary N) is 1. The Kier molecular flexibility index (Phi) is 1.65. The molecule has 0 amide bonds. The van der Waals surface area contributed by atoms with Crippen molar-refractivity contribution in [2.75, 3.05) is 0 Å². The second kappa shape index (κ2) is 2.67. The molecule has 62 valence electrons. The Morgan fingerprint density at radius 2 is 2.08 bits per heavy atom. The molecular formula is C11H13N. The smallest absolute Gasteiger partial charge is 0.00926 e. The summed E-state index contributed by atoms with van der Waals surface area (Å²) in [4.78, 5) is 0. The van der Waals surface area contributed by atoms with Crippen molar-refractivity contribution in [2.24, 2.45) is 5.73 Å². The maximum atomic E-state index is 5.80. The van der Waals surface area contributed by atoms with E-state index in [1.807, 2.05) is 0 Å². The van der Waals surface area contributed by atoms with Crippen molar-refractivity contribution in [2.45, 2.75) is 19.3 Å². The lowest BCUT2D eigenvalue weighted by molar-refractivity contribution is 0.736. The third kappa shape index (κ3) is 1.11. The van der Waals surface area contributed by atoms with Crippen LogP contribution in [0.25, 0.3) is 6.08 Å². The van der Waals surface area contributed by atoms with Crippen LogP contribution in [0.5, 0.6) is 0 Å². The van der Waals surface area contributed by atoms with Crippen LogP contribution < -0.4 is 5.73 Å². The van der Waals surface area contributed by atoms with E-state index >= 15 is 0 Å². The Balaban J connectivity index is 2.55. The molecule has 0 saturated carbocycles. The largest absolute Gasteiger partial charge is 0.402 e. The van der Waals surface area contributed by atoms with Gasteiger partial charge in [-0.05, 0) is 29.5 Å². The Morgan fingerprint density at radius 1 is 1.33 bits per heavy atom. The van der Waals surface area contributed by atoms with Gasteiger partial charge >= 0.3 is 0 Å². The molecule has 2 rings (SSSR count). The van der Waals surface area contributed by atoms with Gasteiger partial charge in [-0.1, -0.05) is 31.2 Å². The Labute approximate surface area is 72.9 Å². The lowest BCUT2D eigenvalue weighted by Gasteiger charge is -2.20. The molecule has 0 spiro atoms. The van der Waals surface area contributed by atoms with Crippen LogP contribution >= 0.6 is 0 Å². The van der Waals surface area contributed by atoms with E-state index in [9.17, 15) is 0 Å². The first kappa shape index (κ1) is 7.41. The zero-order valence-corrected chi connectivity index (χ0v) is 7.25. The number of benzene rings is 1. The van der Waals surface area contributed by atoms with Crippen molar-refractivity contribution < 1.29 is 0 Å². The molecule has 0 aliphatic heterocycles. The lowest BCUT2D eigenvalue weighted by atomic mass is 9.87. The number of hydrogen-bond donors (Lipinski definition) is 1. The molecule has 0 aromatic heterocycles. The molecule has 1 aromatic rings. The highest BCUT2D eigenvalue weighted by Gasteiger charge is 2.14. The van der Waals surface area contributed by atoms with Crippen LogP contribution in [0.15, 0.2) is 30.0 Å². The van der Waals surface area contributed by atoms with E-state index in [2.05, 4.69) is 37.3 Å². The zero-order valence-electron chi connectivity index (χ0n) is 7.25. The number of hydrogen-bond acceptors (Lipinski definition) is 1. The molecule has 1 aliphatic carbocycles. The second-order valence-electron chi connectivity index (χ2n) is 3.45. The van der Waals surface area contributed by atoms with Crippen molar-refractivity contribution in [1.29, 1.82) is 0 Å². The minimum Gasteiger partial charge on any atom is -0.402 e. The number of fused-ring (bicyclic) bond motifs is 1. The van der Waals surface area contributed by atoms with Gasteiger partial charge in [0.1, 0.15) is 0 Å². The van der Waals surface area contributed by atoms with E-state index in [0.29, 0.717) is 5.92 Å². The summed E-state index contributed by atoms with van der Waals surface area (Å²) in [6, 6.07) is 8.45. The molecule has 1 atom stereocenters. The average Bonchev–Trinajstić information content (AvgIpc) is 2.04. The predicted octanol–water partition coefficient (Wildman–Crippen LogP) is 2.49. The maximum Gasteiger partial charge on any atom is 0.00926 e. The van der Waals surface area contributed by atoms with Crippen molar-refractivity contribution >= 4 is 6.08 Å². The molecule has 0 fully saturated rings. The van der Waals surface area contributed by atoms with E-state index in [-0.39, 0.29) is 0 Å². The van der Waals surface area contributed by atoms with Crippen LogP contribution in [-0.2, 0) is 0 Å².